The molecule has 2 rings (SSSR count). The van der Waals surface area contributed by atoms with Gasteiger partial charge in [0.15, 0.2) is 12.7 Å². The van der Waals surface area contributed by atoms with Crippen molar-refractivity contribution >= 4 is 17.6 Å². The predicted octanol–water partition coefficient (Wildman–Crippen LogP) is 4.15. The molecule has 0 aliphatic rings. The summed E-state index contributed by atoms with van der Waals surface area (Å²) in [6.45, 7) is 5.50. The SMILES string of the molecule is CC[C@H](C)c1ccccc1NC(=O)[C@H](C)OC(=O)COc1ccccc1. The summed E-state index contributed by atoms with van der Waals surface area (Å²) in [5, 5.41) is 2.85. The first-order valence-corrected chi connectivity index (χ1v) is 8.78. The van der Waals surface area contributed by atoms with Crippen LogP contribution in [-0.4, -0.2) is 24.6 Å². The van der Waals surface area contributed by atoms with Gasteiger partial charge in [0.2, 0.25) is 0 Å². The summed E-state index contributed by atoms with van der Waals surface area (Å²) in [5.74, 6) is -0.0619. The molecule has 0 saturated carbocycles. The molecule has 1 amide bonds. The Kier molecular flexibility index (Phi) is 7.21. The lowest BCUT2D eigenvalue weighted by Crippen LogP contribution is -2.32. The average Bonchev–Trinajstić information content (AvgIpc) is 2.67. The van der Waals surface area contributed by atoms with Gasteiger partial charge in [-0.3, -0.25) is 4.79 Å². The van der Waals surface area contributed by atoms with E-state index in [4.69, 9.17) is 9.47 Å². The van der Waals surface area contributed by atoms with Crippen molar-refractivity contribution in [3.05, 3.63) is 60.2 Å². The van der Waals surface area contributed by atoms with Gasteiger partial charge in [-0.1, -0.05) is 50.2 Å². The topological polar surface area (TPSA) is 64.6 Å². The highest BCUT2D eigenvalue weighted by molar-refractivity contribution is 5.95. The van der Waals surface area contributed by atoms with Gasteiger partial charge in [0.05, 0.1) is 0 Å². The summed E-state index contributed by atoms with van der Waals surface area (Å²) in [5.41, 5.74) is 1.81. The lowest BCUT2D eigenvalue weighted by molar-refractivity contribution is -0.155. The molecule has 5 nitrogen and oxygen atoms in total. The second-order valence-corrected chi connectivity index (χ2v) is 6.12. The van der Waals surface area contributed by atoms with E-state index in [0.717, 1.165) is 17.7 Å². The fraction of sp³-hybridized carbons (Fsp3) is 0.333. The van der Waals surface area contributed by atoms with Gasteiger partial charge >= 0.3 is 5.97 Å². The minimum absolute atomic E-state index is 0.245. The van der Waals surface area contributed by atoms with Crippen molar-refractivity contribution in [1.82, 2.24) is 0 Å². The molecular formula is C21H25NO4. The first kappa shape index (κ1) is 19.5. The van der Waals surface area contributed by atoms with E-state index in [1.54, 1.807) is 19.1 Å². The van der Waals surface area contributed by atoms with E-state index in [-0.39, 0.29) is 12.5 Å². The van der Waals surface area contributed by atoms with Crippen LogP contribution in [0.2, 0.25) is 0 Å². The average molecular weight is 355 g/mol. The van der Waals surface area contributed by atoms with Gasteiger partial charge in [0, 0.05) is 5.69 Å². The maximum absolute atomic E-state index is 12.4. The lowest BCUT2D eigenvalue weighted by Gasteiger charge is -2.18. The van der Waals surface area contributed by atoms with Crippen LogP contribution in [0.4, 0.5) is 5.69 Å². The summed E-state index contributed by atoms with van der Waals surface area (Å²) in [7, 11) is 0. The first-order valence-electron chi connectivity index (χ1n) is 8.78. The highest BCUT2D eigenvalue weighted by Crippen LogP contribution is 2.26. The molecule has 0 fully saturated rings. The van der Waals surface area contributed by atoms with E-state index in [1.807, 2.05) is 42.5 Å². The molecule has 5 heteroatoms. The molecule has 2 atom stereocenters. The van der Waals surface area contributed by atoms with Crippen LogP contribution in [0.5, 0.6) is 5.75 Å². The maximum atomic E-state index is 12.4. The lowest BCUT2D eigenvalue weighted by atomic mass is 9.97. The molecule has 0 spiro atoms. The Morgan fingerprint density at radius 3 is 2.35 bits per heavy atom. The Hall–Kier alpha value is -2.82. The van der Waals surface area contributed by atoms with Crippen molar-refractivity contribution in [2.24, 2.45) is 0 Å². The second kappa shape index (κ2) is 9.61. The molecule has 0 heterocycles. The van der Waals surface area contributed by atoms with Crippen LogP contribution in [0.25, 0.3) is 0 Å². The van der Waals surface area contributed by atoms with Gasteiger partial charge in [-0.05, 0) is 43.0 Å². The third-order valence-electron chi connectivity index (χ3n) is 4.14. The molecule has 0 aromatic heterocycles. The number of para-hydroxylation sites is 2. The van der Waals surface area contributed by atoms with Crippen LogP contribution < -0.4 is 10.1 Å². The zero-order valence-electron chi connectivity index (χ0n) is 15.4. The molecule has 0 aliphatic carbocycles. The maximum Gasteiger partial charge on any atom is 0.344 e. The molecule has 2 aromatic carbocycles. The first-order chi connectivity index (χ1) is 12.5. The largest absolute Gasteiger partial charge is 0.482 e. The van der Waals surface area contributed by atoms with E-state index >= 15 is 0 Å². The number of esters is 1. The van der Waals surface area contributed by atoms with Crippen LogP contribution in [0, 0.1) is 0 Å². The number of hydrogen-bond donors (Lipinski definition) is 1. The van der Waals surface area contributed by atoms with Gasteiger partial charge in [0.1, 0.15) is 5.75 Å². The van der Waals surface area contributed by atoms with E-state index in [1.165, 1.54) is 0 Å². The standard InChI is InChI=1S/C21H25NO4/c1-4-15(2)18-12-8-9-13-19(18)22-21(24)16(3)26-20(23)14-25-17-10-6-5-7-11-17/h5-13,15-16H,4,14H2,1-3H3,(H,22,24)/t15-,16-/m0/s1. The molecule has 0 radical (unpaired) electrons. The summed E-state index contributed by atoms with van der Waals surface area (Å²) in [6.07, 6.45) is 0.0562. The molecule has 26 heavy (non-hydrogen) atoms. The minimum atomic E-state index is -0.910. The fourth-order valence-corrected chi connectivity index (χ4v) is 2.44. The van der Waals surface area contributed by atoms with Crippen molar-refractivity contribution in [3.63, 3.8) is 0 Å². The Morgan fingerprint density at radius 1 is 1.00 bits per heavy atom. The fourth-order valence-electron chi connectivity index (χ4n) is 2.44. The van der Waals surface area contributed by atoms with Crippen LogP contribution in [-0.2, 0) is 14.3 Å². The third kappa shape index (κ3) is 5.62. The van der Waals surface area contributed by atoms with Crippen molar-refractivity contribution in [1.29, 1.82) is 0 Å². The van der Waals surface area contributed by atoms with Crippen LogP contribution in [0.3, 0.4) is 0 Å². The zero-order chi connectivity index (χ0) is 18.9. The monoisotopic (exact) mass is 355 g/mol. The number of benzene rings is 2. The molecule has 2 aromatic rings. The molecule has 0 bridgehead atoms. The Balaban J connectivity index is 1.88. The van der Waals surface area contributed by atoms with Gasteiger partial charge in [-0.25, -0.2) is 4.79 Å². The predicted molar refractivity (Wildman–Crippen MR) is 101 cm³/mol. The molecule has 0 unspecified atom stereocenters. The van der Waals surface area contributed by atoms with Crippen molar-refractivity contribution in [3.8, 4) is 5.75 Å². The number of nitrogens with one attached hydrogen (secondary N) is 1. The Bertz CT molecular complexity index is 730. The van der Waals surface area contributed by atoms with Crippen LogP contribution >= 0.6 is 0 Å². The van der Waals surface area contributed by atoms with Gasteiger partial charge in [0.25, 0.3) is 5.91 Å². The summed E-state index contributed by atoms with van der Waals surface area (Å²) < 4.78 is 10.5. The van der Waals surface area contributed by atoms with E-state index < -0.39 is 12.1 Å². The number of carbonyl (C=O) groups excluding carboxylic acids is 2. The Labute approximate surface area is 154 Å². The van der Waals surface area contributed by atoms with Crippen LogP contribution in [0.1, 0.15) is 38.7 Å². The highest BCUT2D eigenvalue weighted by Gasteiger charge is 2.20. The number of hydrogen-bond acceptors (Lipinski definition) is 4. The molecule has 0 saturated heterocycles. The minimum Gasteiger partial charge on any atom is -0.482 e. The number of carbonyl (C=O) groups is 2. The normalized spacial score (nSPS) is 12.7. The van der Waals surface area contributed by atoms with Gasteiger partial charge in [-0.2, -0.15) is 0 Å². The summed E-state index contributed by atoms with van der Waals surface area (Å²) in [4.78, 5) is 24.2. The molecule has 1 N–H and O–H groups in total. The Morgan fingerprint density at radius 2 is 1.65 bits per heavy atom. The zero-order valence-corrected chi connectivity index (χ0v) is 15.4. The number of rotatable bonds is 8. The van der Waals surface area contributed by atoms with E-state index in [0.29, 0.717) is 11.7 Å². The van der Waals surface area contributed by atoms with E-state index in [2.05, 4.69) is 19.2 Å². The van der Waals surface area contributed by atoms with Crippen molar-refractivity contribution in [2.75, 3.05) is 11.9 Å². The summed E-state index contributed by atoms with van der Waals surface area (Å²) >= 11 is 0. The van der Waals surface area contributed by atoms with Gasteiger partial charge < -0.3 is 14.8 Å². The number of amides is 1. The molecular weight excluding hydrogens is 330 g/mol. The van der Waals surface area contributed by atoms with Crippen molar-refractivity contribution < 1.29 is 19.1 Å². The quantitative estimate of drug-likeness (QED) is 0.723. The third-order valence-corrected chi connectivity index (χ3v) is 4.14. The second-order valence-electron chi connectivity index (χ2n) is 6.12. The smallest absolute Gasteiger partial charge is 0.344 e. The molecule has 138 valence electrons. The highest BCUT2D eigenvalue weighted by atomic mass is 16.6. The van der Waals surface area contributed by atoms with Gasteiger partial charge in [-0.15, -0.1) is 0 Å². The molecule has 0 aliphatic heterocycles. The van der Waals surface area contributed by atoms with E-state index in [9.17, 15) is 9.59 Å². The van der Waals surface area contributed by atoms with Crippen molar-refractivity contribution in [2.45, 2.75) is 39.2 Å². The number of ether oxygens (including phenoxy) is 2. The van der Waals surface area contributed by atoms with Crippen LogP contribution in [0.15, 0.2) is 54.6 Å². The number of anilines is 1. The summed E-state index contributed by atoms with van der Waals surface area (Å²) in [6, 6.07) is 16.6.